The summed E-state index contributed by atoms with van der Waals surface area (Å²) in [6, 6.07) is 15.7. The molecule has 0 bridgehead atoms. The molecule has 25 heavy (non-hydrogen) atoms. The van der Waals surface area contributed by atoms with E-state index in [9.17, 15) is 4.79 Å². The predicted molar refractivity (Wildman–Crippen MR) is 101 cm³/mol. The van der Waals surface area contributed by atoms with E-state index in [1.54, 1.807) is 0 Å². The number of para-hydroxylation sites is 2. The van der Waals surface area contributed by atoms with E-state index in [1.807, 2.05) is 75.5 Å². The van der Waals surface area contributed by atoms with Crippen LogP contribution in [0.2, 0.25) is 0 Å². The van der Waals surface area contributed by atoms with Crippen LogP contribution in [0.1, 0.15) is 37.9 Å². The van der Waals surface area contributed by atoms with Crippen molar-refractivity contribution in [3.8, 4) is 5.75 Å². The third-order valence-electron chi connectivity index (χ3n) is 4.15. The van der Waals surface area contributed by atoms with E-state index in [0.717, 1.165) is 27.8 Å². The van der Waals surface area contributed by atoms with Crippen molar-refractivity contribution in [3.63, 3.8) is 0 Å². The summed E-state index contributed by atoms with van der Waals surface area (Å²) in [6.45, 7) is 5.98. The number of aromatic amines is 1. The largest absolute Gasteiger partial charge is 0.491 e. The zero-order valence-electron chi connectivity index (χ0n) is 14.9. The van der Waals surface area contributed by atoms with Crippen LogP contribution in [0, 0.1) is 0 Å². The topological polar surface area (TPSA) is 54.1 Å². The Morgan fingerprint density at radius 3 is 2.60 bits per heavy atom. The van der Waals surface area contributed by atoms with Crippen LogP contribution in [0.25, 0.3) is 10.9 Å². The summed E-state index contributed by atoms with van der Waals surface area (Å²) in [5.41, 5.74) is 3.05. The molecule has 130 valence electrons. The zero-order chi connectivity index (χ0) is 17.8. The lowest BCUT2D eigenvalue weighted by Crippen LogP contribution is -2.28. The minimum Gasteiger partial charge on any atom is -0.491 e. The van der Waals surface area contributed by atoms with Gasteiger partial charge in [0.25, 0.3) is 0 Å². The fraction of sp³-hybridized carbons (Fsp3) is 0.286. The average molecular weight is 336 g/mol. The molecule has 1 atom stereocenters. The molecule has 0 radical (unpaired) electrons. The molecule has 0 unspecified atom stereocenters. The molecule has 0 saturated carbocycles. The maximum atomic E-state index is 12.5. The van der Waals surface area contributed by atoms with Gasteiger partial charge in [-0.05, 0) is 38.5 Å². The second-order valence-corrected chi connectivity index (χ2v) is 6.53. The minimum atomic E-state index is -0.118. The Morgan fingerprint density at radius 2 is 1.80 bits per heavy atom. The van der Waals surface area contributed by atoms with Crippen molar-refractivity contribution in [2.24, 2.45) is 0 Å². The lowest BCUT2D eigenvalue weighted by Gasteiger charge is -2.19. The van der Waals surface area contributed by atoms with Crippen molar-refractivity contribution < 1.29 is 9.53 Å². The van der Waals surface area contributed by atoms with Gasteiger partial charge < -0.3 is 15.0 Å². The Balaban J connectivity index is 1.71. The fourth-order valence-electron chi connectivity index (χ4n) is 3.02. The van der Waals surface area contributed by atoms with E-state index in [2.05, 4.69) is 10.3 Å². The Hall–Kier alpha value is -2.75. The van der Waals surface area contributed by atoms with Crippen molar-refractivity contribution in [1.29, 1.82) is 0 Å². The van der Waals surface area contributed by atoms with Gasteiger partial charge in [-0.25, -0.2) is 0 Å². The molecule has 3 rings (SSSR count). The molecule has 1 heterocycles. The van der Waals surface area contributed by atoms with Crippen LogP contribution >= 0.6 is 0 Å². The fourth-order valence-corrected chi connectivity index (χ4v) is 3.02. The number of rotatable bonds is 6. The molecular formula is C21H24N2O2. The second-order valence-electron chi connectivity index (χ2n) is 6.53. The van der Waals surface area contributed by atoms with Gasteiger partial charge in [0.1, 0.15) is 5.75 Å². The quantitative estimate of drug-likeness (QED) is 0.702. The number of hydrogen-bond donors (Lipinski definition) is 2. The average Bonchev–Trinajstić information content (AvgIpc) is 2.98. The van der Waals surface area contributed by atoms with Gasteiger partial charge in [-0.2, -0.15) is 0 Å². The predicted octanol–water partition coefficient (Wildman–Crippen LogP) is 4.38. The number of hydrogen-bond acceptors (Lipinski definition) is 2. The Morgan fingerprint density at radius 1 is 1.08 bits per heavy atom. The number of carbonyl (C=O) groups excluding carboxylic acids is 1. The van der Waals surface area contributed by atoms with Crippen LogP contribution in [0.15, 0.2) is 54.7 Å². The number of nitrogens with one attached hydrogen (secondary N) is 2. The Bertz CT molecular complexity index is 867. The smallest absolute Gasteiger partial charge is 0.224 e. The third-order valence-corrected chi connectivity index (χ3v) is 4.15. The van der Waals surface area contributed by atoms with Gasteiger partial charge in [0.05, 0.1) is 18.6 Å². The molecular weight excluding hydrogens is 312 g/mol. The zero-order valence-corrected chi connectivity index (χ0v) is 14.9. The van der Waals surface area contributed by atoms with Gasteiger partial charge in [0.2, 0.25) is 5.91 Å². The van der Waals surface area contributed by atoms with Gasteiger partial charge >= 0.3 is 0 Å². The Kier molecular flexibility index (Phi) is 5.08. The highest BCUT2D eigenvalue weighted by Gasteiger charge is 2.16. The first-order valence-electron chi connectivity index (χ1n) is 8.64. The molecule has 1 amide bonds. The van der Waals surface area contributed by atoms with E-state index < -0.39 is 0 Å². The van der Waals surface area contributed by atoms with E-state index in [1.165, 1.54) is 0 Å². The first-order chi connectivity index (χ1) is 12.0. The number of benzene rings is 2. The van der Waals surface area contributed by atoms with Crippen LogP contribution in [0.4, 0.5) is 0 Å². The molecule has 2 N–H and O–H groups in total. The highest BCUT2D eigenvalue weighted by molar-refractivity contribution is 5.89. The Labute approximate surface area is 148 Å². The van der Waals surface area contributed by atoms with Gasteiger partial charge in [0, 0.05) is 22.7 Å². The summed E-state index contributed by atoms with van der Waals surface area (Å²) in [7, 11) is 0. The molecule has 2 aromatic carbocycles. The molecule has 0 saturated heterocycles. The van der Waals surface area contributed by atoms with Crippen LogP contribution in [-0.2, 0) is 11.2 Å². The van der Waals surface area contributed by atoms with Crippen molar-refractivity contribution in [2.75, 3.05) is 0 Å². The van der Waals surface area contributed by atoms with Crippen molar-refractivity contribution >= 4 is 16.8 Å². The molecule has 0 fully saturated rings. The normalized spacial score (nSPS) is 12.3. The van der Waals surface area contributed by atoms with Crippen molar-refractivity contribution in [2.45, 2.75) is 39.3 Å². The van der Waals surface area contributed by atoms with Gasteiger partial charge in [-0.3, -0.25) is 4.79 Å². The summed E-state index contributed by atoms with van der Waals surface area (Å²) >= 11 is 0. The lowest BCUT2D eigenvalue weighted by molar-refractivity contribution is -0.121. The maximum absolute atomic E-state index is 12.5. The van der Waals surface area contributed by atoms with E-state index in [0.29, 0.717) is 6.42 Å². The standard InChI is InChI=1S/C21H24N2O2/c1-14(2)25-20-11-7-5-8-17(20)15(3)23-21(24)12-16-13-22-19-10-6-4-9-18(16)19/h4-11,13-15,22H,12H2,1-3H3,(H,23,24)/t15-/m1/s1. The number of fused-ring (bicyclic) bond motifs is 1. The molecule has 0 spiro atoms. The number of H-pyrrole nitrogens is 1. The van der Waals surface area contributed by atoms with Gasteiger partial charge in [-0.15, -0.1) is 0 Å². The molecule has 1 aromatic heterocycles. The number of aromatic nitrogens is 1. The maximum Gasteiger partial charge on any atom is 0.224 e. The van der Waals surface area contributed by atoms with Crippen molar-refractivity contribution in [1.82, 2.24) is 10.3 Å². The van der Waals surface area contributed by atoms with Crippen molar-refractivity contribution in [3.05, 3.63) is 65.9 Å². The van der Waals surface area contributed by atoms with E-state index >= 15 is 0 Å². The summed E-state index contributed by atoms with van der Waals surface area (Å²) in [6.07, 6.45) is 2.35. The summed E-state index contributed by atoms with van der Waals surface area (Å²) in [4.78, 5) is 15.7. The third kappa shape index (κ3) is 4.02. The first-order valence-corrected chi connectivity index (χ1v) is 8.64. The second kappa shape index (κ2) is 7.43. The molecule has 4 nitrogen and oxygen atoms in total. The number of carbonyl (C=O) groups is 1. The van der Waals surface area contributed by atoms with Crippen LogP contribution in [0.5, 0.6) is 5.75 Å². The summed E-state index contributed by atoms with van der Waals surface area (Å²) in [5.74, 6) is 0.814. The van der Waals surface area contributed by atoms with E-state index in [4.69, 9.17) is 4.74 Å². The molecule has 3 aromatic rings. The van der Waals surface area contributed by atoms with Gasteiger partial charge in [-0.1, -0.05) is 36.4 Å². The highest BCUT2D eigenvalue weighted by atomic mass is 16.5. The summed E-state index contributed by atoms with van der Waals surface area (Å²) in [5, 5.41) is 4.17. The van der Waals surface area contributed by atoms with Crippen LogP contribution < -0.4 is 10.1 Å². The molecule has 0 aliphatic rings. The summed E-state index contributed by atoms with van der Waals surface area (Å²) < 4.78 is 5.86. The van der Waals surface area contributed by atoms with Crippen LogP contribution in [0.3, 0.4) is 0 Å². The highest BCUT2D eigenvalue weighted by Crippen LogP contribution is 2.26. The molecule has 4 heteroatoms. The first kappa shape index (κ1) is 17.1. The number of amides is 1. The molecule has 0 aliphatic carbocycles. The van der Waals surface area contributed by atoms with Crippen LogP contribution in [-0.4, -0.2) is 17.0 Å². The minimum absolute atomic E-state index is 0.00315. The SMILES string of the molecule is CC(C)Oc1ccccc1[C@@H](C)NC(=O)Cc1c[nH]c2ccccc12. The van der Waals surface area contributed by atoms with Gasteiger partial charge in [0.15, 0.2) is 0 Å². The lowest BCUT2D eigenvalue weighted by atomic mass is 10.1. The molecule has 0 aliphatic heterocycles. The monoisotopic (exact) mass is 336 g/mol. The number of ether oxygens (including phenoxy) is 1. The van der Waals surface area contributed by atoms with E-state index in [-0.39, 0.29) is 18.1 Å².